The largest absolute Gasteiger partial charge is 0.497 e. The molecular weight excluding hydrogens is 440 g/mol. The van der Waals surface area contributed by atoms with Crippen molar-refractivity contribution in [3.05, 3.63) is 119 Å². The molecule has 0 aliphatic carbocycles. The van der Waals surface area contributed by atoms with E-state index in [4.69, 9.17) is 9.47 Å². The van der Waals surface area contributed by atoms with E-state index in [1.165, 1.54) is 0 Å². The van der Waals surface area contributed by atoms with Crippen LogP contribution in [0.3, 0.4) is 0 Å². The summed E-state index contributed by atoms with van der Waals surface area (Å²) in [5.74, 6) is 0.893. The summed E-state index contributed by atoms with van der Waals surface area (Å²) in [6.07, 6.45) is 0.730. The standard InChI is InChI=1S/C29H26N2O4/c1-34-26-7-3-5-22(18-26)28(32)30-24-13-9-20(10-14-24)17-21-11-15-25(16-12-21)31-29(33)23-6-4-8-27(19-23)35-2/h3-16,18-19H,17H2,1-2H3,(H,30,32)(H,31,33). The van der Waals surface area contributed by atoms with Gasteiger partial charge in [-0.1, -0.05) is 36.4 Å². The van der Waals surface area contributed by atoms with E-state index in [1.807, 2.05) is 48.5 Å². The fourth-order valence-corrected chi connectivity index (χ4v) is 3.58. The molecule has 0 atom stereocenters. The Bertz CT molecular complexity index is 1210. The number of hydrogen-bond acceptors (Lipinski definition) is 4. The molecule has 6 nitrogen and oxygen atoms in total. The molecule has 6 heteroatoms. The Morgan fingerprint density at radius 1 is 0.600 bits per heavy atom. The first kappa shape index (κ1) is 23.6. The molecule has 0 fully saturated rings. The maximum absolute atomic E-state index is 12.5. The molecule has 176 valence electrons. The molecule has 35 heavy (non-hydrogen) atoms. The molecule has 0 spiro atoms. The van der Waals surface area contributed by atoms with Crippen molar-refractivity contribution < 1.29 is 19.1 Å². The number of carbonyl (C=O) groups is 2. The third kappa shape index (κ3) is 6.26. The van der Waals surface area contributed by atoms with Gasteiger partial charge in [-0.15, -0.1) is 0 Å². The first-order valence-corrected chi connectivity index (χ1v) is 11.1. The first-order valence-electron chi connectivity index (χ1n) is 11.1. The van der Waals surface area contributed by atoms with Crippen LogP contribution >= 0.6 is 0 Å². The zero-order valence-electron chi connectivity index (χ0n) is 19.6. The average Bonchev–Trinajstić information content (AvgIpc) is 2.91. The summed E-state index contributed by atoms with van der Waals surface area (Å²) in [5.41, 5.74) is 4.73. The number of carbonyl (C=O) groups excluding carboxylic acids is 2. The summed E-state index contributed by atoms with van der Waals surface area (Å²) in [6.45, 7) is 0. The van der Waals surface area contributed by atoms with Gasteiger partial charge in [-0.2, -0.15) is 0 Å². The van der Waals surface area contributed by atoms with Crippen LogP contribution in [-0.2, 0) is 6.42 Å². The zero-order valence-corrected chi connectivity index (χ0v) is 19.6. The summed E-state index contributed by atoms with van der Waals surface area (Å²) in [5, 5.41) is 5.81. The summed E-state index contributed by atoms with van der Waals surface area (Å²) in [4.78, 5) is 25.0. The molecule has 4 rings (SSSR count). The predicted octanol–water partition coefficient (Wildman–Crippen LogP) is 5.80. The van der Waals surface area contributed by atoms with Crippen LogP contribution < -0.4 is 20.1 Å². The maximum atomic E-state index is 12.5. The lowest BCUT2D eigenvalue weighted by Gasteiger charge is -2.09. The molecular formula is C29H26N2O4. The van der Waals surface area contributed by atoms with E-state index in [0.717, 1.165) is 28.9 Å². The Kier molecular flexibility index (Phi) is 7.43. The van der Waals surface area contributed by atoms with E-state index < -0.39 is 0 Å². The van der Waals surface area contributed by atoms with E-state index in [0.29, 0.717) is 22.6 Å². The van der Waals surface area contributed by atoms with Crippen molar-refractivity contribution in [1.82, 2.24) is 0 Å². The molecule has 2 amide bonds. The minimum Gasteiger partial charge on any atom is -0.497 e. The predicted molar refractivity (Wildman–Crippen MR) is 138 cm³/mol. The monoisotopic (exact) mass is 466 g/mol. The summed E-state index contributed by atoms with van der Waals surface area (Å²) < 4.78 is 10.4. The molecule has 0 radical (unpaired) electrons. The minimum atomic E-state index is -0.191. The Hall–Kier alpha value is -4.58. The molecule has 4 aromatic carbocycles. The van der Waals surface area contributed by atoms with Gasteiger partial charge in [0.05, 0.1) is 14.2 Å². The molecule has 0 aliphatic rings. The SMILES string of the molecule is COc1cccc(C(=O)Nc2ccc(Cc3ccc(NC(=O)c4cccc(OC)c4)cc3)cc2)c1. The average molecular weight is 467 g/mol. The topological polar surface area (TPSA) is 76.7 Å². The molecule has 0 aromatic heterocycles. The van der Waals surface area contributed by atoms with Crippen LogP contribution in [-0.4, -0.2) is 26.0 Å². The highest BCUT2D eigenvalue weighted by Gasteiger charge is 2.09. The van der Waals surface area contributed by atoms with Crippen molar-refractivity contribution in [3.63, 3.8) is 0 Å². The van der Waals surface area contributed by atoms with Crippen molar-refractivity contribution in [3.8, 4) is 11.5 Å². The zero-order chi connectivity index (χ0) is 24.6. The van der Waals surface area contributed by atoms with Crippen LogP contribution in [0.15, 0.2) is 97.1 Å². The van der Waals surface area contributed by atoms with Crippen LogP contribution in [0.1, 0.15) is 31.8 Å². The first-order chi connectivity index (χ1) is 17.0. The molecule has 2 N–H and O–H groups in total. The summed E-state index contributed by atoms with van der Waals surface area (Å²) in [7, 11) is 3.14. The molecule has 0 aliphatic heterocycles. The van der Waals surface area contributed by atoms with Crippen LogP contribution in [0, 0.1) is 0 Å². The molecule has 0 saturated heterocycles. The second-order valence-electron chi connectivity index (χ2n) is 7.94. The molecule has 0 bridgehead atoms. The lowest BCUT2D eigenvalue weighted by Crippen LogP contribution is -2.12. The Morgan fingerprint density at radius 2 is 1.00 bits per heavy atom. The van der Waals surface area contributed by atoms with Gasteiger partial charge in [0.15, 0.2) is 0 Å². The van der Waals surface area contributed by atoms with Gasteiger partial charge in [-0.25, -0.2) is 0 Å². The molecule has 0 unspecified atom stereocenters. The Labute approximate surface area is 204 Å². The van der Waals surface area contributed by atoms with Gasteiger partial charge in [-0.3, -0.25) is 9.59 Å². The molecule has 0 saturated carbocycles. The van der Waals surface area contributed by atoms with Crippen LogP contribution in [0.2, 0.25) is 0 Å². The lowest BCUT2D eigenvalue weighted by molar-refractivity contribution is 0.101. The highest BCUT2D eigenvalue weighted by Crippen LogP contribution is 2.19. The number of benzene rings is 4. The molecule has 0 heterocycles. The van der Waals surface area contributed by atoms with Gasteiger partial charge in [-0.05, 0) is 78.2 Å². The number of ether oxygens (including phenoxy) is 2. The van der Waals surface area contributed by atoms with Gasteiger partial charge in [0.2, 0.25) is 0 Å². The van der Waals surface area contributed by atoms with Crippen LogP contribution in [0.4, 0.5) is 11.4 Å². The second-order valence-corrected chi connectivity index (χ2v) is 7.94. The van der Waals surface area contributed by atoms with Crippen molar-refractivity contribution in [2.75, 3.05) is 24.9 Å². The second kappa shape index (κ2) is 11.0. The number of anilines is 2. The van der Waals surface area contributed by atoms with Gasteiger partial charge in [0, 0.05) is 22.5 Å². The van der Waals surface area contributed by atoms with E-state index >= 15 is 0 Å². The van der Waals surface area contributed by atoms with Gasteiger partial charge in [0.1, 0.15) is 11.5 Å². The number of methoxy groups -OCH3 is 2. The quantitative estimate of drug-likeness (QED) is 0.344. The van der Waals surface area contributed by atoms with Crippen molar-refractivity contribution in [2.45, 2.75) is 6.42 Å². The Morgan fingerprint density at radius 3 is 1.37 bits per heavy atom. The van der Waals surface area contributed by atoms with E-state index in [1.54, 1.807) is 62.8 Å². The van der Waals surface area contributed by atoms with E-state index in [-0.39, 0.29) is 11.8 Å². The van der Waals surface area contributed by atoms with Gasteiger partial charge in [0.25, 0.3) is 11.8 Å². The number of hydrogen-bond donors (Lipinski definition) is 2. The van der Waals surface area contributed by atoms with Crippen molar-refractivity contribution >= 4 is 23.2 Å². The smallest absolute Gasteiger partial charge is 0.255 e. The van der Waals surface area contributed by atoms with E-state index in [2.05, 4.69) is 10.6 Å². The van der Waals surface area contributed by atoms with Crippen molar-refractivity contribution in [1.29, 1.82) is 0 Å². The Balaban J connectivity index is 1.33. The van der Waals surface area contributed by atoms with Crippen molar-refractivity contribution in [2.24, 2.45) is 0 Å². The minimum absolute atomic E-state index is 0.191. The highest BCUT2D eigenvalue weighted by molar-refractivity contribution is 6.05. The van der Waals surface area contributed by atoms with Gasteiger partial charge >= 0.3 is 0 Å². The number of nitrogens with one attached hydrogen (secondary N) is 2. The van der Waals surface area contributed by atoms with E-state index in [9.17, 15) is 9.59 Å². The maximum Gasteiger partial charge on any atom is 0.255 e. The fourth-order valence-electron chi connectivity index (χ4n) is 3.58. The number of amides is 2. The van der Waals surface area contributed by atoms with Crippen LogP contribution in [0.5, 0.6) is 11.5 Å². The summed E-state index contributed by atoms with van der Waals surface area (Å²) >= 11 is 0. The highest BCUT2D eigenvalue weighted by atomic mass is 16.5. The summed E-state index contributed by atoms with van der Waals surface area (Å²) in [6, 6.07) is 29.5. The normalized spacial score (nSPS) is 10.3. The van der Waals surface area contributed by atoms with Gasteiger partial charge < -0.3 is 20.1 Å². The number of rotatable bonds is 8. The molecule has 4 aromatic rings. The fraction of sp³-hybridized carbons (Fsp3) is 0.103. The third-order valence-electron chi connectivity index (χ3n) is 5.50. The van der Waals surface area contributed by atoms with Crippen LogP contribution in [0.25, 0.3) is 0 Å². The lowest BCUT2D eigenvalue weighted by atomic mass is 10.0. The third-order valence-corrected chi connectivity index (χ3v) is 5.50.